The molecule has 0 aliphatic heterocycles. The van der Waals surface area contributed by atoms with Crippen molar-refractivity contribution in [1.82, 2.24) is 15.6 Å². The molecule has 0 bridgehead atoms. The highest BCUT2D eigenvalue weighted by atomic mass is 32.1. The summed E-state index contributed by atoms with van der Waals surface area (Å²) in [5, 5.41) is 27.2. The van der Waals surface area contributed by atoms with Gasteiger partial charge in [0.15, 0.2) is 16.9 Å². The number of anilines is 1. The summed E-state index contributed by atoms with van der Waals surface area (Å²) in [5.74, 6) is 0.623. The van der Waals surface area contributed by atoms with Crippen molar-refractivity contribution in [3.05, 3.63) is 33.2 Å². The van der Waals surface area contributed by atoms with Crippen molar-refractivity contribution in [3.8, 4) is 0 Å². The van der Waals surface area contributed by atoms with E-state index >= 15 is 0 Å². The Morgan fingerprint density at radius 1 is 1.63 bits per heavy atom. The molecular weight excluding hydrogens is 370 g/mol. The maximum atomic E-state index is 10.7. The molecule has 0 amide bonds. The van der Waals surface area contributed by atoms with Crippen LogP contribution in [0.2, 0.25) is 0 Å². The number of ether oxygens (including phenoxy) is 1. The molecule has 150 valence electrons. The summed E-state index contributed by atoms with van der Waals surface area (Å²) in [5.41, 5.74) is 6.65. The van der Waals surface area contributed by atoms with Crippen LogP contribution >= 0.6 is 11.3 Å². The second-order valence-electron chi connectivity index (χ2n) is 6.37. The second kappa shape index (κ2) is 10.1. The minimum atomic E-state index is -0.470. The van der Waals surface area contributed by atoms with Crippen LogP contribution in [0.5, 0.6) is 0 Å². The van der Waals surface area contributed by atoms with Gasteiger partial charge in [0.1, 0.15) is 0 Å². The van der Waals surface area contributed by atoms with Gasteiger partial charge in [0.05, 0.1) is 23.8 Å². The molecular formula is C16H27N7O3S. The van der Waals surface area contributed by atoms with E-state index in [1.54, 1.807) is 19.1 Å². The van der Waals surface area contributed by atoms with Crippen LogP contribution in [0.25, 0.3) is 0 Å². The third kappa shape index (κ3) is 6.07. The molecule has 10 nitrogen and oxygen atoms in total. The van der Waals surface area contributed by atoms with E-state index in [9.17, 15) is 10.1 Å². The number of hydrogen-bond donors (Lipinski definition) is 4. The lowest BCUT2D eigenvalue weighted by molar-refractivity contribution is -0.404. The van der Waals surface area contributed by atoms with Crippen LogP contribution in [-0.2, 0) is 4.74 Å². The van der Waals surface area contributed by atoms with Crippen molar-refractivity contribution in [2.24, 2.45) is 5.73 Å². The van der Waals surface area contributed by atoms with Crippen LogP contribution in [0, 0.1) is 15.5 Å². The van der Waals surface area contributed by atoms with Crippen molar-refractivity contribution in [3.63, 3.8) is 0 Å². The zero-order valence-corrected chi connectivity index (χ0v) is 16.4. The number of nitrogens with two attached hydrogens (primary N) is 1. The van der Waals surface area contributed by atoms with E-state index in [0.717, 1.165) is 37.6 Å². The molecule has 0 radical (unpaired) electrons. The molecule has 1 aliphatic carbocycles. The van der Waals surface area contributed by atoms with E-state index in [4.69, 9.17) is 20.9 Å². The first-order valence-electron chi connectivity index (χ1n) is 8.80. The SMILES string of the molecule is CNC(=C[N+](=O)[O-])NC1CCCC(c2csc(N(CCOC)C(=N)N)n2)C1. The Labute approximate surface area is 162 Å². The number of nitrogens with one attached hydrogen (secondary N) is 3. The van der Waals surface area contributed by atoms with Crippen LogP contribution in [0.3, 0.4) is 0 Å². The molecule has 1 heterocycles. The lowest BCUT2D eigenvalue weighted by atomic mass is 9.84. The van der Waals surface area contributed by atoms with Crippen LogP contribution in [0.15, 0.2) is 17.4 Å². The summed E-state index contributed by atoms with van der Waals surface area (Å²) in [6, 6.07) is 0.143. The minimum absolute atomic E-state index is 0.0558. The van der Waals surface area contributed by atoms with Gasteiger partial charge in [-0.1, -0.05) is 6.42 Å². The number of thiazole rings is 1. The zero-order chi connectivity index (χ0) is 19.8. The summed E-state index contributed by atoms with van der Waals surface area (Å²) in [4.78, 5) is 16.5. The normalized spacial score (nSPS) is 20.1. The van der Waals surface area contributed by atoms with Gasteiger partial charge in [0.25, 0.3) is 6.20 Å². The van der Waals surface area contributed by atoms with Crippen molar-refractivity contribution in [2.45, 2.75) is 37.6 Å². The first kappa shape index (κ1) is 20.9. The first-order chi connectivity index (χ1) is 12.9. The van der Waals surface area contributed by atoms with Gasteiger partial charge in [-0.15, -0.1) is 11.3 Å². The van der Waals surface area contributed by atoms with E-state index in [-0.39, 0.29) is 17.9 Å². The van der Waals surface area contributed by atoms with Gasteiger partial charge in [-0.2, -0.15) is 0 Å². The Kier molecular flexibility index (Phi) is 7.80. The largest absolute Gasteiger partial charge is 0.383 e. The Morgan fingerprint density at radius 2 is 2.41 bits per heavy atom. The Morgan fingerprint density at radius 3 is 3.04 bits per heavy atom. The van der Waals surface area contributed by atoms with Crippen LogP contribution < -0.4 is 21.3 Å². The summed E-state index contributed by atoms with van der Waals surface area (Å²) in [6.45, 7) is 0.935. The van der Waals surface area contributed by atoms with E-state index in [1.165, 1.54) is 11.3 Å². The predicted octanol–water partition coefficient (Wildman–Crippen LogP) is 1.40. The van der Waals surface area contributed by atoms with Gasteiger partial charge in [0, 0.05) is 31.5 Å². The Bertz CT molecular complexity index is 679. The summed E-state index contributed by atoms with van der Waals surface area (Å²) in [7, 11) is 3.26. The highest BCUT2D eigenvalue weighted by Gasteiger charge is 2.26. The Balaban J connectivity index is 2.04. The fraction of sp³-hybridized carbons (Fsp3) is 0.625. The van der Waals surface area contributed by atoms with Gasteiger partial charge >= 0.3 is 0 Å². The molecule has 0 saturated heterocycles. The maximum absolute atomic E-state index is 10.7. The summed E-state index contributed by atoms with van der Waals surface area (Å²) >= 11 is 1.46. The number of hydrogen-bond acceptors (Lipinski definition) is 8. The maximum Gasteiger partial charge on any atom is 0.274 e. The van der Waals surface area contributed by atoms with Crippen LogP contribution in [-0.4, -0.2) is 49.2 Å². The van der Waals surface area contributed by atoms with Crippen LogP contribution in [0.4, 0.5) is 5.13 Å². The molecule has 0 aromatic carbocycles. The van der Waals surface area contributed by atoms with Gasteiger partial charge in [-0.05, 0) is 19.3 Å². The highest BCUT2D eigenvalue weighted by Crippen LogP contribution is 2.35. The highest BCUT2D eigenvalue weighted by molar-refractivity contribution is 7.14. The molecule has 27 heavy (non-hydrogen) atoms. The van der Waals surface area contributed by atoms with E-state index in [0.29, 0.717) is 24.1 Å². The second-order valence-corrected chi connectivity index (χ2v) is 7.20. The van der Waals surface area contributed by atoms with E-state index in [2.05, 4.69) is 10.6 Å². The quantitative estimate of drug-likeness (QED) is 0.212. The number of aromatic nitrogens is 1. The number of methoxy groups -OCH3 is 1. The predicted molar refractivity (Wildman–Crippen MR) is 106 cm³/mol. The van der Waals surface area contributed by atoms with Crippen molar-refractivity contribution < 1.29 is 9.66 Å². The van der Waals surface area contributed by atoms with Crippen LogP contribution in [0.1, 0.15) is 37.3 Å². The smallest absolute Gasteiger partial charge is 0.274 e. The molecule has 2 atom stereocenters. The molecule has 2 rings (SSSR count). The monoisotopic (exact) mass is 397 g/mol. The number of rotatable bonds is 9. The molecule has 11 heteroatoms. The molecule has 1 saturated carbocycles. The number of guanidine groups is 1. The molecule has 1 aromatic heterocycles. The van der Waals surface area contributed by atoms with Crippen molar-refractivity contribution >= 4 is 22.4 Å². The molecule has 5 N–H and O–H groups in total. The third-order valence-corrected chi connectivity index (χ3v) is 5.39. The summed E-state index contributed by atoms with van der Waals surface area (Å²) < 4.78 is 5.07. The average molecular weight is 398 g/mol. The molecule has 1 fully saturated rings. The van der Waals surface area contributed by atoms with Gasteiger partial charge in [-0.3, -0.25) is 20.4 Å². The van der Waals surface area contributed by atoms with Gasteiger partial charge < -0.3 is 21.1 Å². The lowest BCUT2D eigenvalue weighted by Crippen LogP contribution is -2.39. The molecule has 1 aliphatic rings. The van der Waals surface area contributed by atoms with Gasteiger partial charge in [-0.25, -0.2) is 4.98 Å². The fourth-order valence-electron chi connectivity index (χ4n) is 3.18. The standard InChI is InChI=1S/C16H27N7O3S/c1-19-14(9-23(24)25)20-12-5-3-4-11(8-12)13-10-27-16(21-13)22(15(17)18)6-7-26-2/h9-12,19-20H,3-8H2,1-2H3,(H3,17,18). The van der Waals surface area contributed by atoms with E-state index < -0.39 is 4.92 Å². The van der Waals surface area contributed by atoms with E-state index in [1.807, 2.05) is 5.38 Å². The van der Waals surface area contributed by atoms with Crippen molar-refractivity contribution in [2.75, 3.05) is 32.2 Å². The topological polar surface area (TPSA) is 142 Å². The fourth-order valence-corrected chi connectivity index (χ4v) is 4.12. The number of nitrogens with zero attached hydrogens (tertiary/aromatic N) is 3. The average Bonchev–Trinajstić information content (AvgIpc) is 3.11. The lowest BCUT2D eigenvalue weighted by Gasteiger charge is -2.29. The summed E-state index contributed by atoms with van der Waals surface area (Å²) in [6.07, 6.45) is 4.79. The van der Waals surface area contributed by atoms with Gasteiger partial charge in [0.2, 0.25) is 0 Å². The zero-order valence-electron chi connectivity index (χ0n) is 15.6. The number of nitro groups is 1. The molecule has 2 unspecified atom stereocenters. The first-order valence-corrected chi connectivity index (χ1v) is 9.68. The molecule has 0 spiro atoms. The van der Waals surface area contributed by atoms with Crippen molar-refractivity contribution in [1.29, 1.82) is 5.41 Å². The minimum Gasteiger partial charge on any atom is -0.383 e. The third-order valence-electron chi connectivity index (χ3n) is 4.51. The molecule has 1 aromatic rings. The Hall–Kier alpha value is -2.40.